The Bertz CT molecular complexity index is 447. The number of aliphatic carboxylic acids is 1. The number of amides is 1. The van der Waals surface area contributed by atoms with E-state index >= 15 is 0 Å². The van der Waals surface area contributed by atoms with E-state index in [1.165, 1.54) is 6.33 Å². The highest BCUT2D eigenvalue weighted by molar-refractivity contribution is 5.97. The average molecular weight is 254 g/mol. The minimum atomic E-state index is -1.13. The minimum absolute atomic E-state index is 0.162. The number of aromatic nitrogens is 3. The van der Waals surface area contributed by atoms with Gasteiger partial charge in [0.25, 0.3) is 0 Å². The van der Waals surface area contributed by atoms with Gasteiger partial charge in [0.05, 0.1) is 6.54 Å². The summed E-state index contributed by atoms with van der Waals surface area (Å²) in [6.07, 6.45) is 1.51. The van der Waals surface area contributed by atoms with Crippen LogP contribution in [0.5, 0.6) is 0 Å². The maximum Gasteiger partial charge on any atom is 0.316 e. The molecule has 1 unspecified atom stereocenters. The Kier molecular flexibility index (Phi) is 4.05. The highest BCUT2D eigenvalue weighted by Crippen LogP contribution is 2.26. The molecule has 1 aromatic heterocycles. The average Bonchev–Trinajstić information content (AvgIpc) is 2.58. The Morgan fingerprint density at radius 2 is 2.11 bits per heavy atom. The van der Waals surface area contributed by atoms with Gasteiger partial charge < -0.3 is 15.0 Å². The normalized spacial score (nSPS) is 13.1. The van der Waals surface area contributed by atoms with Crippen molar-refractivity contribution in [3.63, 3.8) is 0 Å². The highest BCUT2D eigenvalue weighted by Gasteiger charge is 2.37. The van der Waals surface area contributed by atoms with Crippen LogP contribution in [0.15, 0.2) is 6.33 Å². The summed E-state index contributed by atoms with van der Waals surface area (Å²) in [6.45, 7) is 5.31. The van der Waals surface area contributed by atoms with Crippen LogP contribution in [-0.4, -0.2) is 31.7 Å². The first-order chi connectivity index (χ1) is 8.23. The molecule has 100 valence electrons. The van der Waals surface area contributed by atoms with Crippen LogP contribution >= 0.6 is 0 Å². The summed E-state index contributed by atoms with van der Waals surface area (Å²) < 4.78 is 1.66. The van der Waals surface area contributed by atoms with Gasteiger partial charge in [0.15, 0.2) is 5.82 Å². The second-order valence-electron chi connectivity index (χ2n) is 5.21. The fraction of sp³-hybridized carbons (Fsp3) is 0.636. The van der Waals surface area contributed by atoms with Crippen molar-refractivity contribution < 1.29 is 14.7 Å². The third kappa shape index (κ3) is 3.28. The van der Waals surface area contributed by atoms with E-state index in [0.717, 1.165) is 0 Å². The Balaban J connectivity index is 2.69. The molecule has 0 saturated carbocycles. The van der Waals surface area contributed by atoms with E-state index < -0.39 is 23.2 Å². The van der Waals surface area contributed by atoms with E-state index in [1.807, 2.05) is 0 Å². The lowest BCUT2D eigenvalue weighted by Gasteiger charge is -2.25. The van der Waals surface area contributed by atoms with Crippen LogP contribution in [0.2, 0.25) is 0 Å². The van der Waals surface area contributed by atoms with Crippen molar-refractivity contribution in [2.75, 3.05) is 0 Å². The zero-order valence-electron chi connectivity index (χ0n) is 11.0. The van der Waals surface area contributed by atoms with Gasteiger partial charge in [-0.3, -0.25) is 9.59 Å². The standard InChI is InChI=1S/C11H18N4O3/c1-11(2,3)8(10(17)18)9(16)12-5-7-14-13-6-15(7)4/h6,8H,5H2,1-4H3,(H,12,16)(H,17,18). The second kappa shape index (κ2) is 5.16. The summed E-state index contributed by atoms with van der Waals surface area (Å²) in [6, 6.07) is 0. The van der Waals surface area contributed by atoms with Crippen LogP contribution in [-0.2, 0) is 23.2 Å². The quantitative estimate of drug-likeness (QED) is 0.747. The molecule has 1 heterocycles. The Labute approximate surface area is 105 Å². The summed E-state index contributed by atoms with van der Waals surface area (Å²) in [7, 11) is 1.75. The fourth-order valence-electron chi connectivity index (χ4n) is 1.61. The first-order valence-corrected chi connectivity index (χ1v) is 5.57. The van der Waals surface area contributed by atoms with Gasteiger partial charge in [-0.05, 0) is 5.41 Å². The van der Waals surface area contributed by atoms with Crippen LogP contribution in [0.4, 0.5) is 0 Å². The molecule has 0 aliphatic rings. The van der Waals surface area contributed by atoms with Gasteiger partial charge in [-0.1, -0.05) is 20.8 Å². The van der Waals surface area contributed by atoms with E-state index in [0.29, 0.717) is 5.82 Å². The third-order valence-electron chi connectivity index (χ3n) is 2.60. The smallest absolute Gasteiger partial charge is 0.316 e. The molecular formula is C11H18N4O3. The van der Waals surface area contributed by atoms with Crippen LogP contribution in [0.25, 0.3) is 0 Å². The molecule has 18 heavy (non-hydrogen) atoms. The van der Waals surface area contributed by atoms with Crippen molar-refractivity contribution >= 4 is 11.9 Å². The van der Waals surface area contributed by atoms with Crippen LogP contribution in [0, 0.1) is 11.3 Å². The molecule has 0 bridgehead atoms. The first-order valence-electron chi connectivity index (χ1n) is 5.57. The Hall–Kier alpha value is -1.92. The number of carboxylic acids is 1. The van der Waals surface area contributed by atoms with E-state index in [4.69, 9.17) is 5.11 Å². The summed E-state index contributed by atoms with van der Waals surface area (Å²) >= 11 is 0. The molecule has 1 amide bonds. The number of rotatable bonds is 4. The second-order valence-corrected chi connectivity index (χ2v) is 5.21. The molecule has 0 aliphatic carbocycles. The molecular weight excluding hydrogens is 236 g/mol. The van der Waals surface area contributed by atoms with Crippen LogP contribution in [0.3, 0.4) is 0 Å². The number of hydrogen-bond donors (Lipinski definition) is 2. The topological polar surface area (TPSA) is 97.1 Å². The van der Waals surface area contributed by atoms with E-state index in [2.05, 4.69) is 15.5 Å². The predicted molar refractivity (Wildman–Crippen MR) is 63.4 cm³/mol. The molecule has 0 spiro atoms. The monoisotopic (exact) mass is 254 g/mol. The Morgan fingerprint density at radius 1 is 1.50 bits per heavy atom. The molecule has 1 atom stereocenters. The fourth-order valence-corrected chi connectivity index (χ4v) is 1.61. The van der Waals surface area contributed by atoms with Gasteiger partial charge >= 0.3 is 5.97 Å². The van der Waals surface area contributed by atoms with Gasteiger partial charge in [-0.2, -0.15) is 0 Å². The number of nitrogens with one attached hydrogen (secondary N) is 1. The molecule has 0 radical (unpaired) electrons. The number of aryl methyl sites for hydroxylation is 1. The maximum absolute atomic E-state index is 11.9. The van der Waals surface area contributed by atoms with Crippen LogP contribution in [0.1, 0.15) is 26.6 Å². The summed E-state index contributed by atoms with van der Waals surface area (Å²) in [5, 5.41) is 19.1. The van der Waals surface area contributed by atoms with Crippen LogP contribution < -0.4 is 5.32 Å². The first kappa shape index (κ1) is 14.1. The zero-order chi connectivity index (χ0) is 13.9. The molecule has 1 aromatic rings. The largest absolute Gasteiger partial charge is 0.481 e. The number of nitrogens with zero attached hydrogens (tertiary/aromatic N) is 3. The van der Waals surface area contributed by atoms with E-state index in [1.54, 1.807) is 32.4 Å². The lowest BCUT2D eigenvalue weighted by atomic mass is 9.80. The molecule has 2 N–H and O–H groups in total. The van der Waals surface area contributed by atoms with Gasteiger partial charge in [0, 0.05) is 7.05 Å². The zero-order valence-corrected chi connectivity index (χ0v) is 11.0. The molecule has 7 nitrogen and oxygen atoms in total. The van der Waals surface area contributed by atoms with Crippen molar-refractivity contribution in [3.05, 3.63) is 12.2 Å². The van der Waals surface area contributed by atoms with Gasteiger partial charge in [0.1, 0.15) is 12.2 Å². The van der Waals surface area contributed by atoms with Crippen molar-refractivity contribution in [2.45, 2.75) is 27.3 Å². The number of carboxylic acid groups (broad SMARTS) is 1. The van der Waals surface area contributed by atoms with Gasteiger partial charge in [-0.25, -0.2) is 0 Å². The van der Waals surface area contributed by atoms with Crippen molar-refractivity contribution in [1.29, 1.82) is 0 Å². The number of carbonyl (C=O) groups is 2. The summed E-state index contributed by atoms with van der Waals surface area (Å²) in [5.74, 6) is -2.16. The SMILES string of the molecule is Cn1cnnc1CNC(=O)C(C(=O)O)C(C)(C)C. The predicted octanol–water partition coefficient (Wildman–Crippen LogP) is 0.178. The molecule has 1 rings (SSSR count). The van der Waals surface area contributed by atoms with Crippen molar-refractivity contribution in [1.82, 2.24) is 20.1 Å². The van der Waals surface area contributed by atoms with Crippen molar-refractivity contribution in [3.8, 4) is 0 Å². The lowest BCUT2D eigenvalue weighted by molar-refractivity contribution is -0.151. The third-order valence-corrected chi connectivity index (χ3v) is 2.60. The molecule has 0 aliphatic heterocycles. The van der Waals surface area contributed by atoms with E-state index in [9.17, 15) is 9.59 Å². The number of hydrogen-bond acceptors (Lipinski definition) is 4. The highest BCUT2D eigenvalue weighted by atomic mass is 16.4. The Morgan fingerprint density at radius 3 is 2.50 bits per heavy atom. The molecule has 0 aromatic carbocycles. The van der Waals surface area contributed by atoms with Crippen molar-refractivity contribution in [2.24, 2.45) is 18.4 Å². The summed E-state index contributed by atoms with van der Waals surface area (Å²) in [5.41, 5.74) is -0.643. The molecule has 0 fully saturated rings. The molecule has 7 heteroatoms. The lowest BCUT2D eigenvalue weighted by Crippen LogP contribution is -2.42. The van der Waals surface area contributed by atoms with Gasteiger partial charge in [0.2, 0.25) is 5.91 Å². The number of carbonyl (C=O) groups excluding carboxylic acids is 1. The maximum atomic E-state index is 11.9. The summed E-state index contributed by atoms with van der Waals surface area (Å²) in [4.78, 5) is 23.0. The van der Waals surface area contributed by atoms with Gasteiger partial charge in [-0.15, -0.1) is 10.2 Å². The van der Waals surface area contributed by atoms with E-state index in [-0.39, 0.29) is 6.54 Å². The minimum Gasteiger partial charge on any atom is -0.481 e. The molecule has 0 saturated heterocycles.